The van der Waals surface area contributed by atoms with E-state index in [1.807, 2.05) is 54.6 Å². The molecule has 0 radical (unpaired) electrons. The van der Waals surface area contributed by atoms with Crippen LogP contribution in [0.1, 0.15) is 28.9 Å². The van der Waals surface area contributed by atoms with E-state index in [0.29, 0.717) is 71.6 Å². The molecule has 1 N–H and O–H groups in total. The summed E-state index contributed by atoms with van der Waals surface area (Å²) in [4.78, 5) is 45.0. The number of carbonyl (C=O) groups is 3. The maximum atomic E-state index is 13.4. The third-order valence-electron chi connectivity index (χ3n) is 7.37. The molecule has 0 spiro atoms. The number of para-hydroxylation sites is 1. The Morgan fingerprint density at radius 3 is 2.31 bits per heavy atom. The number of carbonyl (C=O) groups excluding carboxylic acids is 3. The molecule has 1 atom stereocenters. The Hall–Kier alpha value is -4.34. The molecule has 42 heavy (non-hydrogen) atoms. The molecule has 218 valence electrons. The highest BCUT2D eigenvalue weighted by molar-refractivity contribution is 6.30. The summed E-state index contributed by atoms with van der Waals surface area (Å²) in [6.45, 7) is 4.49. The summed E-state index contributed by atoms with van der Waals surface area (Å²) in [5.41, 5.74) is 2.22. The fourth-order valence-corrected chi connectivity index (χ4v) is 5.25. The predicted molar refractivity (Wildman–Crippen MR) is 159 cm³/mol. The monoisotopic (exact) mass is 588 g/mol. The highest BCUT2D eigenvalue weighted by Gasteiger charge is 2.38. The molecule has 5 rings (SSSR count). The molecule has 2 aliphatic rings. The predicted octanol–water partition coefficient (Wildman–Crippen LogP) is 5.10. The molecule has 0 saturated carbocycles. The molecule has 2 aliphatic heterocycles. The highest BCUT2D eigenvalue weighted by atomic mass is 35.5. The lowest BCUT2D eigenvalue weighted by Crippen LogP contribution is -2.53. The van der Waals surface area contributed by atoms with E-state index in [0.717, 1.165) is 0 Å². The van der Waals surface area contributed by atoms with Gasteiger partial charge in [-0.3, -0.25) is 14.6 Å². The molecule has 0 aromatic heterocycles. The number of ether oxygens (including phenoxy) is 2. The number of esters is 1. The van der Waals surface area contributed by atoms with E-state index < -0.39 is 12.0 Å². The molecule has 0 unspecified atom stereocenters. The molecule has 3 amide bonds. The third-order valence-corrected chi connectivity index (χ3v) is 7.62. The van der Waals surface area contributed by atoms with E-state index in [1.165, 1.54) is 4.90 Å². The van der Waals surface area contributed by atoms with Gasteiger partial charge in [-0.25, -0.2) is 9.59 Å². The quantitative estimate of drug-likeness (QED) is 0.368. The molecule has 1 saturated heterocycles. The van der Waals surface area contributed by atoms with Crippen LogP contribution in [0, 0.1) is 0 Å². The largest absolute Gasteiger partial charge is 0.463 e. The third kappa shape index (κ3) is 6.58. The van der Waals surface area contributed by atoms with Gasteiger partial charge in [0.05, 0.1) is 18.2 Å². The van der Waals surface area contributed by atoms with Crippen LogP contribution in [-0.4, -0.2) is 79.0 Å². The van der Waals surface area contributed by atoms with Crippen molar-refractivity contribution < 1.29 is 23.9 Å². The standard InChI is InChI=1S/C32H33ClN4O5/c1-3-41-31(39)28-27(21-36-16-18-37(19-17-36)30(38)22-12-14-24(33)15-13-22)35(2)32(40)34-29(28)23-8-7-11-26(20-23)42-25-9-5-4-6-10-25/h4-15,20,29H,3,16-19,21H2,1-2H3,(H,34,40)/t29-/m0/s1. The Balaban J connectivity index is 1.38. The van der Waals surface area contributed by atoms with E-state index in [9.17, 15) is 14.4 Å². The van der Waals surface area contributed by atoms with Gasteiger partial charge in [0.15, 0.2) is 0 Å². The van der Waals surface area contributed by atoms with Crippen molar-refractivity contribution in [3.05, 3.63) is 106 Å². The Labute approximate surface area is 250 Å². The fourth-order valence-electron chi connectivity index (χ4n) is 5.13. The molecule has 0 bridgehead atoms. The van der Waals surface area contributed by atoms with Crippen molar-refractivity contribution in [2.45, 2.75) is 13.0 Å². The Morgan fingerprint density at radius 2 is 1.62 bits per heavy atom. The van der Waals surface area contributed by atoms with Crippen molar-refractivity contribution in [1.82, 2.24) is 20.0 Å². The Morgan fingerprint density at radius 1 is 0.929 bits per heavy atom. The number of urea groups is 1. The van der Waals surface area contributed by atoms with Crippen molar-refractivity contribution in [2.24, 2.45) is 0 Å². The van der Waals surface area contributed by atoms with Crippen LogP contribution in [0.2, 0.25) is 5.02 Å². The van der Waals surface area contributed by atoms with Crippen LogP contribution < -0.4 is 10.1 Å². The van der Waals surface area contributed by atoms with Crippen molar-refractivity contribution in [1.29, 1.82) is 0 Å². The number of hydrogen-bond donors (Lipinski definition) is 1. The van der Waals surface area contributed by atoms with Crippen LogP contribution in [-0.2, 0) is 9.53 Å². The number of likely N-dealkylation sites (N-methyl/N-ethyl adjacent to an activating group) is 1. The Bertz CT molecular complexity index is 1470. The summed E-state index contributed by atoms with van der Waals surface area (Å²) < 4.78 is 11.5. The van der Waals surface area contributed by atoms with E-state index in [4.69, 9.17) is 21.1 Å². The summed E-state index contributed by atoms with van der Waals surface area (Å²) >= 11 is 5.97. The van der Waals surface area contributed by atoms with Gasteiger partial charge in [-0.15, -0.1) is 0 Å². The Kier molecular flexibility index (Phi) is 9.09. The van der Waals surface area contributed by atoms with Crippen LogP contribution in [0.4, 0.5) is 4.79 Å². The van der Waals surface area contributed by atoms with E-state index in [2.05, 4.69) is 10.2 Å². The molecule has 10 heteroatoms. The van der Waals surface area contributed by atoms with E-state index >= 15 is 0 Å². The number of nitrogens with zero attached hydrogens (tertiary/aromatic N) is 3. The second kappa shape index (κ2) is 13.1. The fraction of sp³-hybridized carbons (Fsp3) is 0.281. The van der Waals surface area contributed by atoms with Gasteiger partial charge in [0.25, 0.3) is 5.91 Å². The first-order valence-electron chi connectivity index (χ1n) is 13.9. The molecule has 0 aliphatic carbocycles. The maximum Gasteiger partial charge on any atom is 0.338 e. The SMILES string of the molecule is CCOC(=O)C1=C(CN2CCN(C(=O)c3ccc(Cl)cc3)CC2)N(C)C(=O)N[C@H]1c1cccc(Oc2ccccc2)c1. The van der Waals surface area contributed by atoms with Crippen LogP contribution in [0.15, 0.2) is 90.1 Å². The molecular weight excluding hydrogens is 556 g/mol. The number of nitrogens with one attached hydrogen (secondary N) is 1. The average Bonchev–Trinajstić information content (AvgIpc) is 3.00. The van der Waals surface area contributed by atoms with Gasteiger partial charge in [0, 0.05) is 56.1 Å². The van der Waals surface area contributed by atoms with Crippen LogP contribution in [0.3, 0.4) is 0 Å². The number of benzene rings is 3. The number of amides is 3. The summed E-state index contributed by atoms with van der Waals surface area (Å²) in [6, 6.07) is 22.5. The minimum absolute atomic E-state index is 0.0513. The summed E-state index contributed by atoms with van der Waals surface area (Å²) in [6.07, 6.45) is 0. The average molecular weight is 589 g/mol. The molecule has 9 nitrogen and oxygen atoms in total. The van der Waals surface area contributed by atoms with Crippen molar-refractivity contribution in [2.75, 3.05) is 46.4 Å². The molecule has 1 fully saturated rings. The summed E-state index contributed by atoms with van der Waals surface area (Å²) in [5.74, 6) is 0.718. The van der Waals surface area contributed by atoms with Crippen molar-refractivity contribution in [3.63, 3.8) is 0 Å². The van der Waals surface area contributed by atoms with Gasteiger partial charge in [0.2, 0.25) is 0 Å². The molecule has 3 aromatic rings. The minimum Gasteiger partial charge on any atom is -0.463 e. The minimum atomic E-state index is -0.727. The lowest BCUT2D eigenvalue weighted by molar-refractivity contribution is -0.139. The first kappa shape index (κ1) is 29.2. The zero-order valence-electron chi connectivity index (χ0n) is 23.6. The zero-order chi connectivity index (χ0) is 29.6. The van der Waals surface area contributed by atoms with E-state index in [-0.39, 0.29) is 18.5 Å². The summed E-state index contributed by atoms with van der Waals surface area (Å²) in [5, 5.41) is 3.55. The highest BCUT2D eigenvalue weighted by Crippen LogP contribution is 2.34. The van der Waals surface area contributed by atoms with Gasteiger partial charge in [-0.2, -0.15) is 0 Å². The smallest absolute Gasteiger partial charge is 0.338 e. The number of rotatable bonds is 8. The van der Waals surface area contributed by atoms with Crippen LogP contribution >= 0.6 is 11.6 Å². The van der Waals surface area contributed by atoms with Gasteiger partial charge < -0.3 is 19.7 Å². The van der Waals surface area contributed by atoms with Crippen molar-refractivity contribution in [3.8, 4) is 11.5 Å². The zero-order valence-corrected chi connectivity index (χ0v) is 24.3. The van der Waals surface area contributed by atoms with Gasteiger partial charge in [0.1, 0.15) is 11.5 Å². The lowest BCUT2D eigenvalue weighted by Gasteiger charge is -2.39. The number of hydrogen-bond acceptors (Lipinski definition) is 6. The first-order valence-corrected chi connectivity index (χ1v) is 14.3. The van der Waals surface area contributed by atoms with Crippen LogP contribution in [0.5, 0.6) is 11.5 Å². The number of halogens is 1. The molecule has 3 aromatic carbocycles. The molecular formula is C32H33ClN4O5. The normalized spacial score (nSPS) is 17.6. The lowest BCUT2D eigenvalue weighted by atomic mass is 9.94. The van der Waals surface area contributed by atoms with E-state index in [1.54, 1.807) is 43.1 Å². The van der Waals surface area contributed by atoms with Crippen molar-refractivity contribution >= 4 is 29.5 Å². The maximum absolute atomic E-state index is 13.4. The van der Waals surface area contributed by atoms with Gasteiger partial charge in [-0.05, 0) is 61.0 Å². The topological polar surface area (TPSA) is 91.4 Å². The van der Waals surface area contributed by atoms with Crippen LogP contribution in [0.25, 0.3) is 0 Å². The van der Waals surface area contributed by atoms with Gasteiger partial charge in [-0.1, -0.05) is 41.9 Å². The second-order valence-corrected chi connectivity index (χ2v) is 10.5. The van der Waals surface area contributed by atoms with Gasteiger partial charge >= 0.3 is 12.0 Å². The second-order valence-electron chi connectivity index (χ2n) is 10.1. The first-order chi connectivity index (χ1) is 20.3. The molecule has 2 heterocycles. The summed E-state index contributed by atoms with van der Waals surface area (Å²) in [7, 11) is 1.65. The number of piperazine rings is 1.